The zero-order valence-electron chi connectivity index (χ0n) is 10.6. The van der Waals surface area contributed by atoms with E-state index < -0.39 is 9.23 Å². The van der Waals surface area contributed by atoms with Gasteiger partial charge < -0.3 is 0 Å². The number of rotatable bonds is 4. The summed E-state index contributed by atoms with van der Waals surface area (Å²) in [4.78, 5) is 0. The molecule has 0 amide bonds. The van der Waals surface area contributed by atoms with E-state index in [-0.39, 0.29) is 0 Å². The van der Waals surface area contributed by atoms with Gasteiger partial charge in [-0.25, -0.2) is 0 Å². The molecule has 0 bridgehead atoms. The summed E-state index contributed by atoms with van der Waals surface area (Å²) in [5.74, 6) is 1.73. The van der Waals surface area contributed by atoms with Gasteiger partial charge in [-0.2, -0.15) is 0 Å². The van der Waals surface area contributed by atoms with Gasteiger partial charge in [0.05, 0.1) is 0 Å². The molecule has 0 aromatic heterocycles. The average Bonchev–Trinajstić information content (AvgIpc) is 2.47. The molecule has 0 radical (unpaired) electrons. The average molecular weight is 453 g/mol. The molecule has 0 aliphatic heterocycles. The molecule has 0 atom stereocenters. The van der Waals surface area contributed by atoms with E-state index in [9.17, 15) is 0 Å². The first kappa shape index (κ1) is 14.9. The normalized spacial score (nSPS) is 12.0. The fourth-order valence-corrected chi connectivity index (χ4v) is 8.69. The molecule has 0 saturated carbocycles. The molecule has 0 heterocycles. The number of benzene rings is 2. The first-order valence-corrected chi connectivity index (χ1v) is 15.3. The Kier molecular flexibility index (Phi) is 4.96. The molecule has 19 heavy (non-hydrogen) atoms. The number of halogens is 2. The minimum absolute atomic E-state index is 0.867. The van der Waals surface area contributed by atoms with Crippen LogP contribution < -0.4 is 18.4 Å². The molecule has 0 aliphatic rings. The summed E-state index contributed by atoms with van der Waals surface area (Å²) in [5.41, 5.74) is 0. The summed E-state index contributed by atoms with van der Waals surface area (Å²) in [6.45, 7) is 0. The summed E-state index contributed by atoms with van der Waals surface area (Å²) >= 11 is 7.77. The van der Waals surface area contributed by atoms with E-state index in [1.165, 1.54) is 8.92 Å². The van der Waals surface area contributed by atoms with E-state index in [1.54, 1.807) is 14.2 Å². The SMILES string of the molecule is COc1ccc([Se](Br)(Br)c2ccc(OC)cc2)cc1. The van der Waals surface area contributed by atoms with Crippen molar-refractivity contribution in [1.29, 1.82) is 0 Å². The Bertz CT molecular complexity index is 489. The van der Waals surface area contributed by atoms with Crippen LogP contribution in [0.2, 0.25) is 0 Å². The second kappa shape index (κ2) is 6.31. The number of hydrogen-bond acceptors (Lipinski definition) is 2. The second-order valence-electron chi connectivity index (χ2n) is 3.82. The first-order valence-electron chi connectivity index (χ1n) is 5.58. The fourth-order valence-electron chi connectivity index (χ4n) is 1.63. The third-order valence-corrected chi connectivity index (χ3v) is 14.1. The van der Waals surface area contributed by atoms with Crippen molar-refractivity contribution < 1.29 is 9.47 Å². The van der Waals surface area contributed by atoms with Gasteiger partial charge in [0.15, 0.2) is 0 Å². The Labute approximate surface area is 129 Å². The maximum absolute atomic E-state index is 5.19. The van der Waals surface area contributed by atoms with Gasteiger partial charge in [-0.05, 0) is 0 Å². The zero-order valence-corrected chi connectivity index (χ0v) is 15.5. The van der Waals surface area contributed by atoms with Crippen LogP contribution in [0.15, 0.2) is 48.5 Å². The van der Waals surface area contributed by atoms with Gasteiger partial charge in [-0.15, -0.1) is 0 Å². The van der Waals surface area contributed by atoms with E-state index in [4.69, 9.17) is 9.47 Å². The van der Waals surface area contributed by atoms with Crippen molar-refractivity contribution in [3.05, 3.63) is 48.5 Å². The van der Waals surface area contributed by atoms with Crippen molar-refractivity contribution >= 4 is 46.4 Å². The minimum atomic E-state index is -2.21. The van der Waals surface area contributed by atoms with Crippen LogP contribution in [0.1, 0.15) is 0 Å². The van der Waals surface area contributed by atoms with Crippen LogP contribution in [-0.4, -0.2) is 23.4 Å². The van der Waals surface area contributed by atoms with E-state index >= 15 is 0 Å². The van der Waals surface area contributed by atoms with Gasteiger partial charge in [0, 0.05) is 0 Å². The monoisotopic (exact) mass is 452 g/mol. The van der Waals surface area contributed by atoms with Crippen molar-refractivity contribution in [1.82, 2.24) is 0 Å². The Morgan fingerprint density at radius 2 is 1.00 bits per heavy atom. The molecule has 2 aromatic carbocycles. The molecule has 2 nitrogen and oxygen atoms in total. The number of ether oxygens (including phenoxy) is 2. The maximum atomic E-state index is 5.19. The Hall–Kier alpha value is -0.481. The molecule has 0 aliphatic carbocycles. The van der Waals surface area contributed by atoms with Gasteiger partial charge in [-0.1, -0.05) is 0 Å². The van der Waals surface area contributed by atoms with Gasteiger partial charge in [-0.3, -0.25) is 0 Å². The third kappa shape index (κ3) is 3.34. The van der Waals surface area contributed by atoms with Gasteiger partial charge in [0.1, 0.15) is 0 Å². The topological polar surface area (TPSA) is 18.5 Å². The third-order valence-electron chi connectivity index (χ3n) is 2.71. The van der Waals surface area contributed by atoms with E-state index in [0.29, 0.717) is 0 Å². The Balaban J connectivity index is 2.33. The van der Waals surface area contributed by atoms with Crippen LogP contribution in [-0.2, 0) is 0 Å². The fraction of sp³-hybridized carbons (Fsp3) is 0.143. The standard InChI is InChI=1S/C14H14Br2O2Se/c1-17-11-3-7-13(8-4-11)19(15,16)14-9-5-12(18-2)6-10-14/h3-10H,1-2H3. The number of hydrogen-bond donors (Lipinski definition) is 0. The molecule has 0 fully saturated rings. The van der Waals surface area contributed by atoms with Crippen LogP contribution in [0, 0.1) is 0 Å². The van der Waals surface area contributed by atoms with Crippen LogP contribution in [0.25, 0.3) is 0 Å². The molecule has 2 aromatic rings. The molecule has 2 rings (SSSR count). The van der Waals surface area contributed by atoms with Crippen molar-refractivity contribution in [2.75, 3.05) is 14.2 Å². The molecule has 5 heteroatoms. The van der Waals surface area contributed by atoms with Crippen molar-refractivity contribution in [2.24, 2.45) is 0 Å². The summed E-state index contributed by atoms with van der Waals surface area (Å²) in [7, 11) is 1.13. The van der Waals surface area contributed by atoms with Gasteiger partial charge >= 0.3 is 130 Å². The molecule has 0 saturated heterocycles. The molecule has 0 unspecified atom stereocenters. The zero-order chi connectivity index (χ0) is 13.9. The van der Waals surface area contributed by atoms with Crippen molar-refractivity contribution in [2.45, 2.75) is 0 Å². The molecule has 0 N–H and O–H groups in total. The van der Waals surface area contributed by atoms with Crippen LogP contribution in [0.4, 0.5) is 0 Å². The van der Waals surface area contributed by atoms with E-state index in [0.717, 1.165) is 11.5 Å². The first-order chi connectivity index (χ1) is 9.07. The molecular weight excluding hydrogens is 439 g/mol. The Morgan fingerprint density at radius 3 is 1.26 bits per heavy atom. The van der Waals surface area contributed by atoms with Crippen molar-refractivity contribution in [3.8, 4) is 11.5 Å². The van der Waals surface area contributed by atoms with Crippen LogP contribution in [0.5, 0.6) is 11.5 Å². The summed E-state index contributed by atoms with van der Waals surface area (Å²) < 4.78 is 12.9. The van der Waals surface area contributed by atoms with Gasteiger partial charge in [0.25, 0.3) is 0 Å². The predicted molar refractivity (Wildman–Crippen MR) is 88.9 cm³/mol. The van der Waals surface area contributed by atoms with Gasteiger partial charge in [0.2, 0.25) is 0 Å². The predicted octanol–water partition coefficient (Wildman–Crippen LogP) is 3.05. The second-order valence-corrected chi connectivity index (χ2v) is 22.4. The van der Waals surface area contributed by atoms with Crippen LogP contribution >= 0.6 is 28.2 Å². The Morgan fingerprint density at radius 1 is 0.684 bits per heavy atom. The van der Waals surface area contributed by atoms with E-state index in [1.807, 2.05) is 24.3 Å². The number of methoxy groups -OCH3 is 2. The molecular formula is C14H14Br2O2Se. The molecule has 0 spiro atoms. The summed E-state index contributed by atoms with van der Waals surface area (Å²) in [5, 5.41) is 0. The van der Waals surface area contributed by atoms with Crippen molar-refractivity contribution in [3.63, 3.8) is 0 Å². The van der Waals surface area contributed by atoms with E-state index in [2.05, 4.69) is 52.5 Å². The van der Waals surface area contributed by atoms with Crippen LogP contribution in [0.3, 0.4) is 0 Å². The quantitative estimate of drug-likeness (QED) is 0.664. The summed E-state index contributed by atoms with van der Waals surface area (Å²) in [6.07, 6.45) is 0. The summed E-state index contributed by atoms with van der Waals surface area (Å²) in [6, 6.07) is 16.3. The molecule has 102 valence electrons.